The number of rotatable bonds is 5. The van der Waals surface area contributed by atoms with Crippen molar-refractivity contribution in [2.75, 3.05) is 18.1 Å². The van der Waals surface area contributed by atoms with E-state index < -0.39 is 11.9 Å². The van der Waals surface area contributed by atoms with Gasteiger partial charge in [0.1, 0.15) is 11.5 Å². The van der Waals surface area contributed by atoms with Gasteiger partial charge in [-0.15, -0.1) is 0 Å². The first-order valence-corrected chi connectivity index (χ1v) is 8.87. The zero-order chi connectivity index (χ0) is 17.8. The lowest BCUT2D eigenvalue weighted by Gasteiger charge is -2.19. The van der Waals surface area contributed by atoms with Crippen LogP contribution in [0.5, 0.6) is 11.5 Å². The second kappa shape index (κ2) is 7.70. The maximum atomic E-state index is 12.4. The van der Waals surface area contributed by atoms with Crippen LogP contribution in [0.15, 0.2) is 53.0 Å². The van der Waals surface area contributed by atoms with Gasteiger partial charge in [-0.25, -0.2) is 0 Å². The number of carbonyl (C=O) groups is 2. The number of hydrogen-bond acceptors (Lipinski definition) is 4. The molecule has 25 heavy (non-hydrogen) atoms. The average Bonchev–Trinajstić information content (AvgIpc) is 2.99. The van der Waals surface area contributed by atoms with E-state index in [2.05, 4.69) is 15.9 Å². The van der Waals surface area contributed by atoms with Crippen molar-refractivity contribution in [1.29, 1.82) is 0 Å². The lowest BCUT2D eigenvalue weighted by molar-refractivity contribution is -0.139. The SMILES string of the molecule is CCOc1ccccc1N1C[C@@H](C(=O)Oc2ccc(Br)cc2)CC1=O. The van der Waals surface area contributed by atoms with E-state index >= 15 is 0 Å². The number of hydrogen-bond donors (Lipinski definition) is 0. The normalized spacial score (nSPS) is 16.8. The molecule has 0 bridgehead atoms. The third kappa shape index (κ3) is 4.02. The summed E-state index contributed by atoms with van der Waals surface area (Å²) in [7, 11) is 0. The van der Waals surface area contributed by atoms with Gasteiger partial charge in [-0.05, 0) is 43.3 Å². The zero-order valence-electron chi connectivity index (χ0n) is 13.8. The number of para-hydroxylation sites is 2. The monoisotopic (exact) mass is 403 g/mol. The predicted molar refractivity (Wildman–Crippen MR) is 97.8 cm³/mol. The number of benzene rings is 2. The summed E-state index contributed by atoms with van der Waals surface area (Å²) in [6, 6.07) is 14.4. The molecule has 2 aromatic carbocycles. The standard InChI is InChI=1S/C19H18BrNO4/c1-2-24-17-6-4-3-5-16(17)21-12-13(11-18(21)22)19(23)25-15-9-7-14(20)8-10-15/h3-10,13H,2,11-12H2,1H3/t13-/m0/s1. The molecule has 1 fully saturated rings. The van der Waals surface area contributed by atoms with Gasteiger partial charge in [0.25, 0.3) is 0 Å². The number of ether oxygens (including phenoxy) is 2. The third-order valence-corrected chi connectivity index (χ3v) is 4.48. The molecule has 1 heterocycles. The largest absolute Gasteiger partial charge is 0.492 e. The van der Waals surface area contributed by atoms with Crippen molar-refractivity contribution in [1.82, 2.24) is 0 Å². The Morgan fingerprint density at radius 1 is 1.20 bits per heavy atom. The molecular formula is C19H18BrNO4. The van der Waals surface area contributed by atoms with E-state index in [1.807, 2.05) is 31.2 Å². The molecule has 0 spiro atoms. The van der Waals surface area contributed by atoms with Gasteiger partial charge in [-0.1, -0.05) is 28.1 Å². The number of anilines is 1. The van der Waals surface area contributed by atoms with Gasteiger partial charge in [0.15, 0.2) is 0 Å². The number of nitrogens with zero attached hydrogens (tertiary/aromatic N) is 1. The van der Waals surface area contributed by atoms with Crippen LogP contribution < -0.4 is 14.4 Å². The summed E-state index contributed by atoms with van der Waals surface area (Å²) in [5, 5.41) is 0. The van der Waals surface area contributed by atoms with Crippen LogP contribution in [0.4, 0.5) is 5.69 Å². The molecular weight excluding hydrogens is 386 g/mol. The van der Waals surface area contributed by atoms with Crippen LogP contribution in [0, 0.1) is 5.92 Å². The van der Waals surface area contributed by atoms with E-state index in [1.165, 1.54) is 0 Å². The molecule has 0 unspecified atom stereocenters. The molecule has 2 aromatic rings. The molecule has 0 aromatic heterocycles. The van der Waals surface area contributed by atoms with Gasteiger partial charge in [-0.3, -0.25) is 9.59 Å². The first-order chi connectivity index (χ1) is 12.1. The highest BCUT2D eigenvalue weighted by atomic mass is 79.9. The Kier molecular flexibility index (Phi) is 5.38. The van der Waals surface area contributed by atoms with E-state index in [9.17, 15) is 9.59 Å². The molecule has 3 rings (SSSR count). The van der Waals surface area contributed by atoms with E-state index in [0.717, 1.165) is 4.47 Å². The van der Waals surface area contributed by atoms with E-state index in [1.54, 1.807) is 29.2 Å². The van der Waals surface area contributed by atoms with Crippen LogP contribution >= 0.6 is 15.9 Å². The highest BCUT2D eigenvalue weighted by Gasteiger charge is 2.37. The lowest BCUT2D eigenvalue weighted by atomic mass is 10.1. The molecule has 1 saturated heterocycles. The fourth-order valence-electron chi connectivity index (χ4n) is 2.76. The van der Waals surface area contributed by atoms with Gasteiger partial charge < -0.3 is 14.4 Å². The van der Waals surface area contributed by atoms with E-state index in [0.29, 0.717) is 23.8 Å². The van der Waals surface area contributed by atoms with Crippen LogP contribution in [-0.2, 0) is 9.59 Å². The third-order valence-electron chi connectivity index (χ3n) is 3.95. The Hall–Kier alpha value is -2.34. The van der Waals surface area contributed by atoms with Crippen molar-refractivity contribution >= 4 is 33.5 Å². The Labute approximate surface area is 154 Å². The minimum absolute atomic E-state index is 0.107. The molecule has 1 amide bonds. The van der Waals surface area contributed by atoms with Crippen molar-refractivity contribution in [3.63, 3.8) is 0 Å². The second-order valence-corrected chi connectivity index (χ2v) is 6.60. The average molecular weight is 404 g/mol. The smallest absolute Gasteiger partial charge is 0.316 e. The first-order valence-electron chi connectivity index (χ1n) is 8.08. The quantitative estimate of drug-likeness (QED) is 0.562. The summed E-state index contributed by atoms with van der Waals surface area (Å²) >= 11 is 3.34. The number of esters is 1. The first kappa shape index (κ1) is 17.5. The number of halogens is 1. The Morgan fingerprint density at radius 3 is 2.64 bits per heavy atom. The molecule has 5 nitrogen and oxygen atoms in total. The summed E-state index contributed by atoms with van der Waals surface area (Å²) in [5.41, 5.74) is 0.688. The molecule has 6 heteroatoms. The van der Waals surface area contributed by atoms with Gasteiger partial charge in [0.05, 0.1) is 18.2 Å². The maximum absolute atomic E-state index is 12.4. The van der Waals surface area contributed by atoms with Crippen LogP contribution in [0.25, 0.3) is 0 Å². The highest BCUT2D eigenvalue weighted by Crippen LogP contribution is 2.33. The number of carbonyl (C=O) groups excluding carboxylic acids is 2. The van der Waals surface area contributed by atoms with Crippen LogP contribution in [-0.4, -0.2) is 25.0 Å². The Balaban J connectivity index is 1.72. The molecule has 0 saturated carbocycles. The summed E-state index contributed by atoms with van der Waals surface area (Å²) < 4.78 is 11.9. The van der Waals surface area contributed by atoms with Crippen LogP contribution in [0.1, 0.15) is 13.3 Å². The van der Waals surface area contributed by atoms with Crippen molar-refractivity contribution < 1.29 is 19.1 Å². The predicted octanol–water partition coefficient (Wildman–Crippen LogP) is 3.81. The summed E-state index contributed by atoms with van der Waals surface area (Å²) in [4.78, 5) is 26.4. The molecule has 1 atom stereocenters. The van der Waals surface area contributed by atoms with Crippen molar-refractivity contribution in [3.05, 3.63) is 53.0 Å². The van der Waals surface area contributed by atoms with E-state index in [4.69, 9.17) is 9.47 Å². The number of amides is 1. The van der Waals surface area contributed by atoms with Gasteiger partial charge in [0, 0.05) is 17.4 Å². The Bertz CT molecular complexity index is 775. The second-order valence-electron chi connectivity index (χ2n) is 5.68. The topological polar surface area (TPSA) is 55.8 Å². The molecule has 1 aliphatic rings. The van der Waals surface area contributed by atoms with Gasteiger partial charge in [-0.2, -0.15) is 0 Å². The van der Waals surface area contributed by atoms with Crippen molar-refractivity contribution in [3.8, 4) is 11.5 Å². The summed E-state index contributed by atoms with van der Waals surface area (Å²) in [6.45, 7) is 2.69. The molecule has 1 aliphatic heterocycles. The molecule has 130 valence electrons. The summed E-state index contributed by atoms with van der Waals surface area (Å²) in [6.07, 6.45) is 0.135. The molecule has 0 radical (unpaired) electrons. The fraction of sp³-hybridized carbons (Fsp3) is 0.263. The van der Waals surface area contributed by atoms with Crippen molar-refractivity contribution in [2.24, 2.45) is 5.92 Å². The lowest BCUT2D eigenvalue weighted by Crippen LogP contribution is -2.27. The minimum atomic E-state index is -0.495. The fourth-order valence-corrected chi connectivity index (χ4v) is 3.02. The van der Waals surface area contributed by atoms with Gasteiger partial charge >= 0.3 is 5.97 Å². The molecule has 0 aliphatic carbocycles. The minimum Gasteiger partial charge on any atom is -0.492 e. The van der Waals surface area contributed by atoms with Crippen molar-refractivity contribution in [2.45, 2.75) is 13.3 Å². The zero-order valence-corrected chi connectivity index (χ0v) is 15.4. The molecule has 0 N–H and O–H groups in total. The highest BCUT2D eigenvalue weighted by molar-refractivity contribution is 9.10. The van der Waals surface area contributed by atoms with Crippen LogP contribution in [0.3, 0.4) is 0 Å². The maximum Gasteiger partial charge on any atom is 0.316 e. The van der Waals surface area contributed by atoms with Gasteiger partial charge in [0.2, 0.25) is 5.91 Å². The Morgan fingerprint density at radius 2 is 1.92 bits per heavy atom. The van der Waals surface area contributed by atoms with E-state index in [-0.39, 0.29) is 18.9 Å². The summed E-state index contributed by atoms with van der Waals surface area (Å²) in [5.74, 6) is 0.108. The van der Waals surface area contributed by atoms with Crippen LogP contribution in [0.2, 0.25) is 0 Å².